The number of rotatable bonds is 6. The molecule has 1 aliphatic heterocycles. The predicted molar refractivity (Wildman–Crippen MR) is 82.2 cm³/mol. The SMILES string of the molecule is COCCn1ccc(NC(=O)[C@H](C)N2[C@H](C)CC[C@H]2C)n1. The van der Waals surface area contributed by atoms with Gasteiger partial charge in [0.15, 0.2) is 5.82 Å². The second kappa shape index (κ2) is 7.04. The molecule has 0 spiro atoms. The average Bonchev–Trinajstić information content (AvgIpc) is 3.03. The number of hydrogen-bond acceptors (Lipinski definition) is 4. The van der Waals surface area contributed by atoms with E-state index in [4.69, 9.17) is 4.74 Å². The second-order valence-electron chi connectivity index (χ2n) is 5.84. The number of hydrogen-bond donors (Lipinski definition) is 1. The summed E-state index contributed by atoms with van der Waals surface area (Å²) in [5.74, 6) is 0.607. The zero-order chi connectivity index (χ0) is 15.4. The monoisotopic (exact) mass is 294 g/mol. The lowest BCUT2D eigenvalue weighted by atomic mass is 10.2. The normalized spacial score (nSPS) is 24.2. The molecule has 0 saturated carbocycles. The van der Waals surface area contributed by atoms with Gasteiger partial charge in [-0.2, -0.15) is 5.10 Å². The first-order valence-electron chi connectivity index (χ1n) is 7.63. The average molecular weight is 294 g/mol. The third kappa shape index (κ3) is 3.83. The summed E-state index contributed by atoms with van der Waals surface area (Å²) in [5, 5.41) is 7.22. The van der Waals surface area contributed by atoms with Gasteiger partial charge in [0, 0.05) is 31.5 Å². The van der Waals surface area contributed by atoms with Crippen LogP contribution in [0, 0.1) is 0 Å². The lowest BCUT2D eigenvalue weighted by Gasteiger charge is -2.31. The highest BCUT2D eigenvalue weighted by Crippen LogP contribution is 2.26. The van der Waals surface area contributed by atoms with Gasteiger partial charge in [0.25, 0.3) is 0 Å². The van der Waals surface area contributed by atoms with E-state index < -0.39 is 0 Å². The summed E-state index contributed by atoms with van der Waals surface area (Å²) < 4.78 is 6.78. The smallest absolute Gasteiger partial charge is 0.242 e. The van der Waals surface area contributed by atoms with E-state index in [1.54, 1.807) is 11.8 Å². The number of methoxy groups -OCH3 is 1. The van der Waals surface area contributed by atoms with Gasteiger partial charge in [-0.15, -0.1) is 0 Å². The highest BCUT2D eigenvalue weighted by molar-refractivity contribution is 5.93. The van der Waals surface area contributed by atoms with Crippen LogP contribution in [0.3, 0.4) is 0 Å². The van der Waals surface area contributed by atoms with Gasteiger partial charge >= 0.3 is 0 Å². The number of amides is 1. The summed E-state index contributed by atoms with van der Waals surface area (Å²) in [6.07, 6.45) is 4.16. The van der Waals surface area contributed by atoms with Crippen molar-refractivity contribution in [2.45, 2.75) is 58.3 Å². The molecule has 2 rings (SSSR count). The maximum absolute atomic E-state index is 12.4. The molecule has 0 radical (unpaired) electrons. The number of aromatic nitrogens is 2. The summed E-state index contributed by atoms with van der Waals surface area (Å²) in [6.45, 7) is 7.63. The Morgan fingerprint density at radius 1 is 1.48 bits per heavy atom. The van der Waals surface area contributed by atoms with Crippen molar-refractivity contribution >= 4 is 11.7 Å². The van der Waals surface area contributed by atoms with E-state index in [-0.39, 0.29) is 11.9 Å². The number of carbonyl (C=O) groups excluding carboxylic acids is 1. The van der Waals surface area contributed by atoms with Crippen LogP contribution < -0.4 is 5.32 Å². The third-order valence-corrected chi connectivity index (χ3v) is 4.26. The van der Waals surface area contributed by atoms with E-state index in [0.717, 1.165) is 12.8 Å². The van der Waals surface area contributed by atoms with Gasteiger partial charge in [0.05, 0.1) is 19.2 Å². The lowest BCUT2D eigenvalue weighted by molar-refractivity contribution is -0.121. The van der Waals surface area contributed by atoms with Crippen LogP contribution in [-0.4, -0.2) is 52.4 Å². The summed E-state index contributed by atoms with van der Waals surface area (Å²) in [7, 11) is 1.66. The zero-order valence-electron chi connectivity index (χ0n) is 13.4. The van der Waals surface area contributed by atoms with Gasteiger partial charge in [0.2, 0.25) is 5.91 Å². The molecule has 1 amide bonds. The molecule has 6 heteroatoms. The van der Waals surface area contributed by atoms with Crippen molar-refractivity contribution in [3.8, 4) is 0 Å². The Bertz CT molecular complexity index is 464. The first-order chi connectivity index (χ1) is 10.0. The Balaban J connectivity index is 1.92. The Morgan fingerprint density at radius 2 is 2.14 bits per heavy atom. The minimum absolute atomic E-state index is 0.00703. The summed E-state index contributed by atoms with van der Waals surface area (Å²) in [4.78, 5) is 14.7. The molecule has 0 bridgehead atoms. The van der Waals surface area contributed by atoms with Crippen LogP contribution in [0.25, 0.3) is 0 Å². The van der Waals surface area contributed by atoms with Crippen LogP contribution in [-0.2, 0) is 16.1 Å². The van der Waals surface area contributed by atoms with E-state index in [1.165, 1.54) is 0 Å². The molecule has 3 atom stereocenters. The van der Waals surface area contributed by atoms with Gasteiger partial charge in [-0.25, -0.2) is 0 Å². The molecule has 2 heterocycles. The van der Waals surface area contributed by atoms with Crippen molar-refractivity contribution in [2.75, 3.05) is 19.0 Å². The molecule has 0 aliphatic carbocycles. The van der Waals surface area contributed by atoms with Crippen molar-refractivity contribution in [1.29, 1.82) is 0 Å². The molecule has 21 heavy (non-hydrogen) atoms. The van der Waals surface area contributed by atoms with Crippen LogP contribution in [0.4, 0.5) is 5.82 Å². The number of nitrogens with zero attached hydrogens (tertiary/aromatic N) is 3. The van der Waals surface area contributed by atoms with E-state index in [2.05, 4.69) is 29.2 Å². The topological polar surface area (TPSA) is 59.4 Å². The Labute approximate surface area is 126 Å². The first kappa shape index (κ1) is 16.0. The van der Waals surface area contributed by atoms with Gasteiger partial charge in [0.1, 0.15) is 0 Å². The van der Waals surface area contributed by atoms with E-state index in [0.29, 0.717) is 31.1 Å². The summed E-state index contributed by atoms with van der Waals surface area (Å²) in [6, 6.07) is 2.60. The zero-order valence-corrected chi connectivity index (χ0v) is 13.4. The molecule has 118 valence electrons. The minimum atomic E-state index is -0.137. The number of carbonyl (C=O) groups is 1. The molecular formula is C15H26N4O2. The fraction of sp³-hybridized carbons (Fsp3) is 0.733. The van der Waals surface area contributed by atoms with E-state index >= 15 is 0 Å². The summed E-state index contributed by atoms with van der Waals surface area (Å²) >= 11 is 0. The third-order valence-electron chi connectivity index (χ3n) is 4.26. The number of ether oxygens (including phenoxy) is 1. The van der Waals surface area contributed by atoms with E-state index in [1.807, 2.05) is 19.2 Å². The van der Waals surface area contributed by atoms with Crippen molar-refractivity contribution in [2.24, 2.45) is 0 Å². The molecular weight excluding hydrogens is 268 g/mol. The van der Waals surface area contributed by atoms with Gasteiger partial charge in [-0.3, -0.25) is 14.4 Å². The molecule has 1 saturated heterocycles. The van der Waals surface area contributed by atoms with Gasteiger partial charge < -0.3 is 10.1 Å². The molecule has 6 nitrogen and oxygen atoms in total. The van der Waals surface area contributed by atoms with Crippen molar-refractivity contribution in [3.63, 3.8) is 0 Å². The van der Waals surface area contributed by atoms with Gasteiger partial charge in [-0.1, -0.05) is 0 Å². The highest BCUT2D eigenvalue weighted by atomic mass is 16.5. The fourth-order valence-corrected chi connectivity index (χ4v) is 3.08. The molecule has 1 aliphatic rings. The standard InChI is InChI=1S/C15H26N4O2/c1-11-5-6-12(2)19(11)13(3)15(20)16-14-7-8-18(17-14)9-10-21-4/h7-8,11-13H,5-6,9-10H2,1-4H3,(H,16,17,20)/t11-,12-,13+/m1/s1. The second-order valence-corrected chi connectivity index (χ2v) is 5.84. The predicted octanol–water partition coefficient (Wildman–Crippen LogP) is 1.73. The van der Waals surface area contributed by atoms with Crippen molar-refractivity contribution < 1.29 is 9.53 Å². The lowest BCUT2D eigenvalue weighted by Crippen LogP contribution is -2.46. The maximum Gasteiger partial charge on any atom is 0.242 e. The molecule has 1 N–H and O–H groups in total. The Morgan fingerprint density at radius 3 is 2.76 bits per heavy atom. The molecule has 1 aromatic heterocycles. The van der Waals surface area contributed by atoms with E-state index in [9.17, 15) is 4.79 Å². The van der Waals surface area contributed by atoms with Gasteiger partial charge in [-0.05, 0) is 33.6 Å². The molecule has 1 aromatic rings. The Kier molecular flexibility index (Phi) is 5.36. The maximum atomic E-state index is 12.4. The Hall–Kier alpha value is -1.40. The molecule has 1 fully saturated rings. The van der Waals surface area contributed by atoms with Crippen LogP contribution in [0.2, 0.25) is 0 Å². The van der Waals surface area contributed by atoms with Crippen molar-refractivity contribution in [1.82, 2.24) is 14.7 Å². The van der Waals surface area contributed by atoms with Crippen molar-refractivity contribution in [3.05, 3.63) is 12.3 Å². The molecule has 0 unspecified atom stereocenters. The van der Waals surface area contributed by atoms with Crippen LogP contribution >= 0.6 is 0 Å². The number of nitrogens with one attached hydrogen (secondary N) is 1. The fourth-order valence-electron chi connectivity index (χ4n) is 3.08. The largest absolute Gasteiger partial charge is 0.383 e. The highest BCUT2D eigenvalue weighted by Gasteiger charge is 2.34. The minimum Gasteiger partial charge on any atom is -0.383 e. The number of likely N-dealkylation sites (tertiary alicyclic amines) is 1. The van der Waals surface area contributed by atoms with Crippen LogP contribution in [0.15, 0.2) is 12.3 Å². The first-order valence-corrected chi connectivity index (χ1v) is 7.63. The van der Waals surface area contributed by atoms with Crippen LogP contribution in [0.1, 0.15) is 33.6 Å². The van der Waals surface area contributed by atoms with Crippen LogP contribution in [0.5, 0.6) is 0 Å². The molecule has 0 aromatic carbocycles. The number of anilines is 1. The summed E-state index contributed by atoms with van der Waals surface area (Å²) in [5.41, 5.74) is 0. The quantitative estimate of drug-likeness (QED) is 0.868.